The number of carbonyl (C=O) groups is 1. The van der Waals surface area contributed by atoms with E-state index in [0.717, 1.165) is 18.5 Å². The van der Waals surface area contributed by atoms with Crippen LogP contribution in [0.1, 0.15) is 29.3 Å². The molecule has 0 heterocycles. The fourth-order valence-electron chi connectivity index (χ4n) is 1.61. The highest BCUT2D eigenvalue weighted by Gasteiger charge is 2.10. The number of nitrogens with one attached hydrogen (secondary N) is 1. The molecule has 0 aliphatic rings. The minimum absolute atomic E-state index is 0.0621. The van der Waals surface area contributed by atoms with E-state index in [2.05, 4.69) is 10.2 Å². The van der Waals surface area contributed by atoms with Gasteiger partial charge < -0.3 is 16.0 Å². The molecule has 1 aromatic rings. The first kappa shape index (κ1) is 14.5. The lowest BCUT2D eigenvalue weighted by Crippen LogP contribution is -2.34. The molecule has 1 amide bonds. The van der Waals surface area contributed by atoms with Gasteiger partial charge in [0, 0.05) is 17.3 Å². The number of hydrogen-bond donors (Lipinski definition) is 2. The number of amides is 1. The van der Waals surface area contributed by atoms with Gasteiger partial charge in [-0.25, -0.2) is 0 Å². The second-order valence-electron chi connectivity index (χ2n) is 5.04. The van der Waals surface area contributed by atoms with E-state index in [1.165, 1.54) is 0 Å². The van der Waals surface area contributed by atoms with E-state index in [4.69, 9.17) is 5.73 Å². The zero-order valence-electron chi connectivity index (χ0n) is 11.7. The molecule has 0 saturated carbocycles. The quantitative estimate of drug-likeness (QED) is 0.780. The molecule has 0 saturated heterocycles. The Morgan fingerprint density at radius 2 is 2.11 bits per heavy atom. The molecule has 100 valence electrons. The van der Waals surface area contributed by atoms with E-state index in [1.807, 2.05) is 34.0 Å². The number of benzene rings is 1. The van der Waals surface area contributed by atoms with Crippen LogP contribution >= 0.6 is 0 Å². The molecule has 0 aromatic heterocycles. The van der Waals surface area contributed by atoms with Gasteiger partial charge in [-0.15, -0.1) is 0 Å². The van der Waals surface area contributed by atoms with E-state index in [9.17, 15) is 4.79 Å². The number of nitrogens with zero attached hydrogens (tertiary/aromatic N) is 1. The molecule has 0 aliphatic heterocycles. The lowest BCUT2D eigenvalue weighted by atomic mass is 10.1. The number of nitrogens with two attached hydrogens (primary N) is 1. The van der Waals surface area contributed by atoms with Gasteiger partial charge >= 0.3 is 0 Å². The largest absolute Gasteiger partial charge is 0.398 e. The van der Waals surface area contributed by atoms with Crippen molar-refractivity contribution in [3.8, 4) is 0 Å². The van der Waals surface area contributed by atoms with Gasteiger partial charge in [0.05, 0.1) is 0 Å². The average Bonchev–Trinajstić information content (AvgIpc) is 2.30. The van der Waals surface area contributed by atoms with Gasteiger partial charge in [-0.05, 0) is 58.6 Å². The summed E-state index contributed by atoms with van der Waals surface area (Å²) in [5, 5.41) is 2.98. The van der Waals surface area contributed by atoms with Crippen molar-refractivity contribution >= 4 is 11.6 Å². The van der Waals surface area contributed by atoms with Crippen molar-refractivity contribution in [2.45, 2.75) is 26.3 Å². The van der Waals surface area contributed by atoms with Crippen LogP contribution in [0.2, 0.25) is 0 Å². The summed E-state index contributed by atoms with van der Waals surface area (Å²) >= 11 is 0. The molecule has 3 N–H and O–H groups in total. The Hall–Kier alpha value is -1.55. The van der Waals surface area contributed by atoms with Crippen LogP contribution < -0.4 is 11.1 Å². The number of carbonyl (C=O) groups excluding carboxylic acids is 1. The van der Waals surface area contributed by atoms with Gasteiger partial charge in [0.15, 0.2) is 0 Å². The number of anilines is 1. The van der Waals surface area contributed by atoms with Gasteiger partial charge in [0.1, 0.15) is 0 Å². The molecule has 1 aromatic carbocycles. The first-order valence-corrected chi connectivity index (χ1v) is 6.22. The van der Waals surface area contributed by atoms with Crippen molar-refractivity contribution in [3.63, 3.8) is 0 Å². The van der Waals surface area contributed by atoms with Gasteiger partial charge in [0.25, 0.3) is 5.91 Å². The minimum Gasteiger partial charge on any atom is -0.398 e. The second kappa shape index (κ2) is 6.40. The fraction of sp³-hybridized carbons (Fsp3) is 0.500. The van der Waals surface area contributed by atoms with Crippen molar-refractivity contribution < 1.29 is 4.79 Å². The molecule has 1 rings (SSSR count). The molecule has 0 aliphatic carbocycles. The molecular weight excluding hydrogens is 226 g/mol. The monoisotopic (exact) mass is 249 g/mol. The molecule has 4 nitrogen and oxygen atoms in total. The zero-order valence-corrected chi connectivity index (χ0v) is 11.7. The van der Waals surface area contributed by atoms with Crippen LogP contribution in [0.3, 0.4) is 0 Å². The van der Waals surface area contributed by atoms with Crippen LogP contribution in [0.4, 0.5) is 5.69 Å². The van der Waals surface area contributed by atoms with Gasteiger partial charge in [-0.3, -0.25) is 4.79 Å². The molecule has 1 unspecified atom stereocenters. The maximum atomic E-state index is 12.0. The zero-order chi connectivity index (χ0) is 13.7. The lowest BCUT2D eigenvalue weighted by Gasteiger charge is -2.17. The molecule has 0 fully saturated rings. The first-order valence-electron chi connectivity index (χ1n) is 6.22. The van der Waals surface area contributed by atoms with Crippen molar-refractivity contribution in [2.24, 2.45) is 0 Å². The third-order valence-corrected chi connectivity index (χ3v) is 2.93. The maximum Gasteiger partial charge on any atom is 0.251 e. The minimum atomic E-state index is -0.0621. The van der Waals surface area contributed by atoms with Crippen LogP contribution in [0.5, 0.6) is 0 Å². The normalized spacial score (nSPS) is 12.5. The predicted octanol–water partition coefficient (Wildman–Crippen LogP) is 1.65. The Bertz CT molecular complexity index is 416. The highest BCUT2D eigenvalue weighted by Crippen LogP contribution is 2.13. The molecular formula is C14H23N3O. The SMILES string of the molecule is Cc1ccc(C(=O)NC(C)CCN(C)C)cc1N. The Labute approximate surface area is 109 Å². The number of hydrogen-bond acceptors (Lipinski definition) is 3. The highest BCUT2D eigenvalue weighted by molar-refractivity contribution is 5.95. The summed E-state index contributed by atoms with van der Waals surface area (Å²) in [6, 6.07) is 5.56. The van der Waals surface area contributed by atoms with Gasteiger partial charge in [0.2, 0.25) is 0 Å². The van der Waals surface area contributed by atoms with Crippen molar-refractivity contribution in [2.75, 3.05) is 26.4 Å². The summed E-state index contributed by atoms with van der Waals surface area (Å²) in [5.74, 6) is -0.0621. The molecule has 0 bridgehead atoms. The summed E-state index contributed by atoms with van der Waals surface area (Å²) in [6.07, 6.45) is 0.931. The molecule has 18 heavy (non-hydrogen) atoms. The third kappa shape index (κ3) is 4.37. The molecule has 0 radical (unpaired) electrons. The van der Waals surface area contributed by atoms with Crippen molar-refractivity contribution in [1.29, 1.82) is 0 Å². The summed E-state index contributed by atoms with van der Waals surface area (Å²) in [5.41, 5.74) is 8.07. The van der Waals surface area contributed by atoms with Gasteiger partial charge in [-0.2, -0.15) is 0 Å². The standard InChI is InChI=1S/C14H23N3O/c1-10-5-6-12(9-13(10)15)14(18)16-11(2)7-8-17(3)4/h5-6,9,11H,7-8,15H2,1-4H3,(H,16,18). The predicted molar refractivity (Wildman–Crippen MR) is 75.7 cm³/mol. The summed E-state index contributed by atoms with van der Waals surface area (Å²) in [4.78, 5) is 14.1. The average molecular weight is 249 g/mol. The van der Waals surface area contributed by atoms with Gasteiger partial charge in [-0.1, -0.05) is 6.07 Å². The Morgan fingerprint density at radius 3 is 2.67 bits per heavy atom. The van der Waals surface area contributed by atoms with E-state index < -0.39 is 0 Å². The Kier molecular flexibility index (Phi) is 5.16. The topological polar surface area (TPSA) is 58.4 Å². The first-order chi connectivity index (χ1) is 8.40. The Morgan fingerprint density at radius 1 is 1.44 bits per heavy atom. The number of aryl methyl sites for hydroxylation is 1. The molecule has 1 atom stereocenters. The van der Waals surface area contributed by atoms with E-state index in [0.29, 0.717) is 11.3 Å². The summed E-state index contributed by atoms with van der Waals surface area (Å²) in [7, 11) is 4.05. The lowest BCUT2D eigenvalue weighted by molar-refractivity contribution is 0.0937. The number of rotatable bonds is 5. The second-order valence-corrected chi connectivity index (χ2v) is 5.04. The molecule has 0 spiro atoms. The Balaban J connectivity index is 2.56. The van der Waals surface area contributed by atoms with Crippen LogP contribution in [0.25, 0.3) is 0 Å². The smallest absolute Gasteiger partial charge is 0.251 e. The van der Waals surface area contributed by atoms with Crippen LogP contribution in [0.15, 0.2) is 18.2 Å². The van der Waals surface area contributed by atoms with Crippen LogP contribution in [-0.2, 0) is 0 Å². The third-order valence-electron chi connectivity index (χ3n) is 2.93. The summed E-state index contributed by atoms with van der Waals surface area (Å²) < 4.78 is 0. The van der Waals surface area contributed by atoms with Crippen LogP contribution in [-0.4, -0.2) is 37.5 Å². The highest BCUT2D eigenvalue weighted by atomic mass is 16.1. The fourth-order valence-corrected chi connectivity index (χ4v) is 1.61. The number of nitrogen functional groups attached to an aromatic ring is 1. The van der Waals surface area contributed by atoms with Crippen molar-refractivity contribution in [1.82, 2.24) is 10.2 Å². The van der Waals surface area contributed by atoms with E-state index >= 15 is 0 Å². The van der Waals surface area contributed by atoms with Crippen molar-refractivity contribution in [3.05, 3.63) is 29.3 Å². The van der Waals surface area contributed by atoms with E-state index in [1.54, 1.807) is 12.1 Å². The maximum absolute atomic E-state index is 12.0. The van der Waals surface area contributed by atoms with E-state index in [-0.39, 0.29) is 11.9 Å². The molecule has 4 heteroatoms. The summed E-state index contributed by atoms with van der Waals surface area (Å²) in [6.45, 7) is 4.90. The van der Waals surface area contributed by atoms with Crippen LogP contribution in [0, 0.1) is 6.92 Å².